The second-order valence-electron chi connectivity index (χ2n) is 5.33. The number of hydrogen-bond acceptors (Lipinski definition) is 4. The molecule has 6 nitrogen and oxygen atoms in total. The van der Waals surface area contributed by atoms with Gasteiger partial charge in [0.2, 0.25) is 5.91 Å². The quantitative estimate of drug-likeness (QED) is 0.761. The van der Waals surface area contributed by atoms with Gasteiger partial charge in [0.05, 0.1) is 0 Å². The van der Waals surface area contributed by atoms with Crippen LogP contribution < -0.4 is 4.90 Å². The SMILES string of the molecule is CCN(CC)C(=O)c1cccc(N2CC(S(=O)(=O)F)CC2=O)c1. The van der Waals surface area contributed by atoms with Crippen LogP contribution in [-0.4, -0.2) is 50.0 Å². The average molecular weight is 342 g/mol. The summed E-state index contributed by atoms with van der Waals surface area (Å²) >= 11 is 0. The summed E-state index contributed by atoms with van der Waals surface area (Å²) in [7, 11) is -4.76. The third-order valence-electron chi connectivity index (χ3n) is 3.94. The summed E-state index contributed by atoms with van der Waals surface area (Å²) in [4.78, 5) is 27.2. The van der Waals surface area contributed by atoms with Gasteiger partial charge in [-0.3, -0.25) is 9.59 Å². The number of amides is 2. The first-order valence-corrected chi connectivity index (χ1v) is 8.85. The maximum atomic E-state index is 13.1. The molecule has 0 aliphatic carbocycles. The lowest BCUT2D eigenvalue weighted by molar-refractivity contribution is -0.117. The molecule has 1 aliphatic heterocycles. The minimum absolute atomic E-state index is 0.168. The van der Waals surface area contributed by atoms with Gasteiger partial charge in [0, 0.05) is 37.3 Å². The van der Waals surface area contributed by atoms with Crippen molar-refractivity contribution in [3.05, 3.63) is 29.8 Å². The highest BCUT2D eigenvalue weighted by atomic mass is 32.3. The molecule has 1 heterocycles. The van der Waals surface area contributed by atoms with Crippen molar-refractivity contribution in [2.75, 3.05) is 24.5 Å². The van der Waals surface area contributed by atoms with Crippen molar-refractivity contribution in [3.8, 4) is 0 Å². The predicted octanol–water partition coefficient (Wildman–Crippen LogP) is 1.57. The van der Waals surface area contributed by atoms with Crippen LogP contribution in [0.1, 0.15) is 30.6 Å². The van der Waals surface area contributed by atoms with E-state index < -0.39 is 21.4 Å². The standard InChI is InChI=1S/C15H19FN2O4S/c1-3-17(4-2)15(20)11-6-5-7-12(8-11)18-10-13(9-14(18)19)23(16,21)22/h5-8,13H,3-4,9-10H2,1-2H3. The number of carbonyl (C=O) groups is 2. The van der Waals surface area contributed by atoms with Gasteiger partial charge in [-0.15, -0.1) is 3.89 Å². The maximum Gasteiger partial charge on any atom is 0.307 e. The molecule has 1 atom stereocenters. The van der Waals surface area contributed by atoms with Crippen molar-refractivity contribution in [2.24, 2.45) is 0 Å². The zero-order chi connectivity index (χ0) is 17.2. The van der Waals surface area contributed by atoms with Crippen LogP contribution in [0.25, 0.3) is 0 Å². The summed E-state index contributed by atoms with van der Waals surface area (Å²) in [5.41, 5.74) is 0.810. The Morgan fingerprint density at radius 1 is 1.35 bits per heavy atom. The molecule has 2 amide bonds. The van der Waals surface area contributed by atoms with E-state index in [0.29, 0.717) is 24.3 Å². The number of hydrogen-bond donors (Lipinski definition) is 0. The van der Waals surface area contributed by atoms with Gasteiger partial charge in [0.15, 0.2) is 0 Å². The van der Waals surface area contributed by atoms with Crippen molar-refractivity contribution >= 4 is 27.7 Å². The van der Waals surface area contributed by atoms with Crippen LogP contribution in [0.15, 0.2) is 24.3 Å². The molecule has 0 bridgehead atoms. The largest absolute Gasteiger partial charge is 0.339 e. The van der Waals surface area contributed by atoms with Gasteiger partial charge in [-0.25, -0.2) is 0 Å². The zero-order valence-corrected chi connectivity index (χ0v) is 13.8. The minimum atomic E-state index is -4.76. The van der Waals surface area contributed by atoms with Crippen molar-refractivity contribution in [2.45, 2.75) is 25.5 Å². The van der Waals surface area contributed by atoms with E-state index in [2.05, 4.69) is 0 Å². The van der Waals surface area contributed by atoms with Crippen LogP contribution in [0.5, 0.6) is 0 Å². The molecule has 1 aromatic carbocycles. The Morgan fingerprint density at radius 3 is 2.52 bits per heavy atom. The fraction of sp³-hybridized carbons (Fsp3) is 0.467. The summed E-state index contributed by atoms with van der Waals surface area (Å²) in [5.74, 6) is -0.637. The van der Waals surface area contributed by atoms with Crippen molar-refractivity contribution in [3.63, 3.8) is 0 Å². The Labute approximate surface area is 135 Å². The maximum absolute atomic E-state index is 13.1. The van der Waals surface area contributed by atoms with Gasteiger partial charge in [-0.2, -0.15) is 8.42 Å². The van der Waals surface area contributed by atoms with E-state index in [1.807, 2.05) is 13.8 Å². The van der Waals surface area contributed by atoms with E-state index in [-0.39, 0.29) is 18.9 Å². The molecule has 0 saturated carbocycles. The third-order valence-corrected chi connectivity index (χ3v) is 5.06. The van der Waals surface area contributed by atoms with Crippen molar-refractivity contribution in [1.29, 1.82) is 0 Å². The first-order chi connectivity index (χ1) is 10.8. The van der Waals surface area contributed by atoms with E-state index in [1.54, 1.807) is 23.1 Å². The fourth-order valence-electron chi connectivity index (χ4n) is 2.61. The van der Waals surface area contributed by atoms with Crippen LogP contribution in [0.3, 0.4) is 0 Å². The Morgan fingerprint density at radius 2 is 2.00 bits per heavy atom. The Kier molecular flexibility index (Phi) is 5.03. The van der Waals surface area contributed by atoms with Crippen LogP contribution in [0, 0.1) is 0 Å². The van der Waals surface area contributed by atoms with Crippen molar-refractivity contribution in [1.82, 2.24) is 4.90 Å². The molecule has 1 unspecified atom stereocenters. The van der Waals surface area contributed by atoms with Gasteiger partial charge in [0.1, 0.15) is 5.25 Å². The molecule has 8 heteroatoms. The molecule has 1 aromatic rings. The Hall–Kier alpha value is -1.96. The third kappa shape index (κ3) is 3.69. The highest BCUT2D eigenvalue weighted by Crippen LogP contribution is 2.26. The smallest absolute Gasteiger partial charge is 0.307 e. The zero-order valence-electron chi connectivity index (χ0n) is 13.0. The summed E-state index contributed by atoms with van der Waals surface area (Å²) in [6.45, 7) is 4.62. The second-order valence-corrected chi connectivity index (χ2v) is 6.95. The molecule has 1 saturated heterocycles. The summed E-state index contributed by atoms with van der Waals surface area (Å²) in [6.07, 6.45) is -0.382. The van der Waals surface area contributed by atoms with Crippen molar-refractivity contribution < 1.29 is 21.9 Å². The van der Waals surface area contributed by atoms with E-state index >= 15 is 0 Å². The van der Waals surface area contributed by atoms with E-state index in [9.17, 15) is 21.9 Å². The molecule has 0 aromatic heterocycles. The second kappa shape index (κ2) is 6.66. The fourth-order valence-corrected chi connectivity index (χ4v) is 3.28. The lowest BCUT2D eigenvalue weighted by Crippen LogP contribution is -2.31. The van der Waals surface area contributed by atoms with Gasteiger partial charge < -0.3 is 9.80 Å². The number of benzene rings is 1. The number of nitrogens with zero attached hydrogens (tertiary/aromatic N) is 2. The van der Waals surface area contributed by atoms with E-state index in [4.69, 9.17) is 0 Å². The first-order valence-electron chi connectivity index (χ1n) is 7.41. The van der Waals surface area contributed by atoms with E-state index in [0.717, 1.165) is 0 Å². The van der Waals surface area contributed by atoms with Gasteiger partial charge in [-0.1, -0.05) is 6.07 Å². The molecular weight excluding hydrogens is 323 g/mol. The molecular formula is C15H19FN2O4S. The highest BCUT2D eigenvalue weighted by Gasteiger charge is 2.39. The predicted molar refractivity (Wildman–Crippen MR) is 84.5 cm³/mol. The van der Waals surface area contributed by atoms with Crippen LogP contribution in [0.2, 0.25) is 0 Å². The highest BCUT2D eigenvalue weighted by molar-refractivity contribution is 7.87. The molecule has 1 aliphatic rings. The number of carbonyl (C=O) groups excluding carboxylic acids is 2. The summed E-state index contributed by atoms with van der Waals surface area (Å²) in [5, 5.41) is -1.35. The van der Waals surface area contributed by atoms with E-state index in [1.165, 1.54) is 11.0 Å². The number of anilines is 1. The lowest BCUT2D eigenvalue weighted by atomic mass is 10.1. The number of halogens is 1. The topological polar surface area (TPSA) is 74.8 Å². The first kappa shape index (κ1) is 17.4. The molecule has 1 fully saturated rings. The normalized spacial score (nSPS) is 18.3. The lowest BCUT2D eigenvalue weighted by Gasteiger charge is -2.21. The molecule has 2 rings (SSSR count). The average Bonchev–Trinajstić information content (AvgIpc) is 2.90. The monoisotopic (exact) mass is 342 g/mol. The summed E-state index contributed by atoms with van der Waals surface area (Å²) in [6, 6.07) is 6.39. The molecule has 0 N–H and O–H groups in total. The molecule has 23 heavy (non-hydrogen) atoms. The Bertz CT molecular complexity index is 716. The molecule has 0 spiro atoms. The molecule has 0 radical (unpaired) electrons. The van der Waals surface area contributed by atoms with Crippen LogP contribution in [0.4, 0.5) is 9.57 Å². The summed E-state index contributed by atoms with van der Waals surface area (Å²) < 4.78 is 35.1. The van der Waals surface area contributed by atoms with Crippen LogP contribution >= 0.6 is 0 Å². The van der Waals surface area contributed by atoms with Crippen LogP contribution in [-0.2, 0) is 15.0 Å². The minimum Gasteiger partial charge on any atom is -0.339 e. The van der Waals surface area contributed by atoms with Gasteiger partial charge >= 0.3 is 10.2 Å². The number of rotatable bonds is 5. The molecule has 126 valence electrons. The van der Waals surface area contributed by atoms with Gasteiger partial charge in [0.25, 0.3) is 5.91 Å². The van der Waals surface area contributed by atoms with Gasteiger partial charge in [-0.05, 0) is 32.0 Å². The Balaban J connectivity index is 2.27.